The number of methoxy groups -OCH3 is 1. The summed E-state index contributed by atoms with van der Waals surface area (Å²) in [6.45, 7) is 1.68. The largest absolute Gasteiger partial charge is 0.385 e. The molecular weight excluding hydrogens is 286 g/mol. The van der Waals surface area contributed by atoms with E-state index in [-0.39, 0.29) is 0 Å². The number of aromatic nitrogens is 2. The Balaban J connectivity index is 2.30. The number of hydrogen-bond donors (Lipinski definition) is 3. The molecule has 0 aliphatic heterocycles. The van der Waals surface area contributed by atoms with Gasteiger partial charge in [0.1, 0.15) is 5.82 Å². The van der Waals surface area contributed by atoms with Gasteiger partial charge in [-0.05, 0) is 35.2 Å². The zero-order chi connectivity index (χ0) is 12.5. The molecule has 17 heavy (non-hydrogen) atoms. The van der Waals surface area contributed by atoms with Crippen LogP contribution in [0.4, 0.5) is 11.8 Å². The molecule has 0 unspecified atom stereocenters. The van der Waals surface area contributed by atoms with Crippen molar-refractivity contribution in [2.75, 3.05) is 31.0 Å². The molecule has 0 amide bonds. The molecule has 0 radical (unpaired) electrons. The first-order valence-corrected chi connectivity index (χ1v) is 6.29. The Hall–Kier alpha value is -0.920. The summed E-state index contributed by atoms with van der Waals surface area (Å²) in [5.41, 5.74) is 2.41. The van der Waals surface area contributed by atoms with E-state index in [1.165, 1.54) is 0 Å². The molecule has 96 valence electrons. The summed E-state index contributed by atoms with van der Waals surface area (Å²) >= 11 is 3.38. The van der Waals surface area contributed by atoms with Gasteiger partial charge in [0, 0.05) is 26.5 Å². The van der Waals surface area contributed by atoms with Crippen molar-refractivity contribution < 1.29 is 4.74 Å². The highest BCUT2D eigenvalue weighted by Gasteiger charge is 2.03. The van der Waals surface area contributed by atoms with E-state index in [4.69, 9.17) is 10.6 Å². The number of nitrogens with one attached hydrogen (secondary N) is 2. The van der Waals surface area contributed by atoms with Gasteiger partial charge in [-0.1, -0.05) is 0 Å². The molecule has 7 heteroatoms. The van der Waals surface area contributed by atoms with Crippen LogP contribution in [0.2, 0.25) is 0 Å². The molecule has 0 spiro atoms. The van der Waals surface area contributed by atoms with Gasteiger partial charge in [-0.25, -0.2) is 10.8 Å². The molecular formula is C10H18BrN5O. The van der Waals surface area contributed by atoms with Crippen LogP contribution < -0.4 is 16.6 Å². The highest BCUT2D eigenvalue weighted by molar-refractivity contribution is 9.10. The Morgan fingerprint density at radius 2 is 2.24 bits per heavy atom. The van der Waals surface area contributed by atoms with Crippen LogP contribution in [0, 0.1) is 0 Å². The van der Waals surface area contributed by atoms with E-state index >= 15 is 0 Å². The molecule has 0 aliphatic carbocycles. The van der Waals surface area contributed by atoms with E-state index in [9.17, 15) is 0 Å². The average Bonchev–Trinajstić information content (AvgIpc) is 2.35. The molecule has 0 aliphatic rings. The quantitative estimate of drug-likeness (QED) is 0.385. The molecule has 1 heterocycles. The summed E-state index contributed by atoms with van der Waals surface area (Å²) in [4.78, 5) is 8.17. The van der Waals surface area contributed by atoms with E-state index < -0.39 is 0 Å². The monoisotopic (exact) mass is 303 g/mol. The zero-order valence-corrected chi connectivity index (χ0v) is 11.5. The minimum absolute atomic E-state index is 0.398. The predicted molar refractivity (Wildman–Crippen MR) is 71.8 cm³/mol. The number of hydrazine groups is 1. The molecule has 0 fully saturated rings. The van der Waals surface area contributed by atoms with Gasteiger partial charge in [0.2, 0.25) is 5.95 Å². The van der Waals surface area contributed by atoms with Crippen molar-refractivity contribution in [3.05, 3.63) is 10.7 Å². The van der Waals surface area contributed by atoms with Crippen LogP contribution in [0.15, 0.2) is 10.7 Å². The maximum Gasteiger partial charge on any atom is 0.239 e. The molecule has 1 aromatic heterocycles. The van der Waals surface area contributed by atoms with Crippen LogP contribution in [0.1, 0.15) is 19.3 Å². The number of nitrogens with two attached hydrogens (primary N) is 1. The van der Waals surface area contributed by atoms with Crippen LogP contribution in [0.3, 0.4) is 0 Å². The Morgan fingerprint density at radius 1 is 1.41 bits per heavy atom. The number of halogens is 1. The lowest BCUT2D eigenvalue weighted by molar-refractivity contribution is 0.192. The first-order valence-electron chi connectivity index (χ1n) is 5.50. The van der Waals surface area contributed by atoms with Gasteiger partial charge in [0.15, 0.2) is 0 Å². The second-order valence-electron chi connectivity index (χ2n) is 3.51. The normalized spacial score (nSPS) is 10.3. The number of ether oxygens (including phenoxy) is 1. The standard InChI is InChI=1S/C10H18BrN5O/c1-17-6-4-2-3-5-13-9-8(11)7-14-10(15-9)16-12/h7H,2-6,12H2,1H3,(H2,13,14,15,16). The summed E-state index contributed by atoms with van der Waals surface area (Å²) in [5.74, 6) is 6.39. The number of hydrogen-bond acceptors (Lipinski definition) is 6. The van der Waals surface area contributed by atoms with E-state index in [0.717, 1.165) is 42.7 Å². The van der Waals surface area contributed by atoms with Crippen molar-refractivity contribution in [1.82, 2.24) is 9.97 Å². The minimum Gasteiger partial charge on any atom is -0.385 e. The number of rotatable bonds is 8. The fourth-order valence-electron chi connectivity index (χ4n) is 1.32. The van der Waals surface area contributed by atoms with E-state index in [0.29, 0.717) is 5.95 Å². The minimum atomic E-state index is 0.398. The maximum absolute atomic E-state index is 5.25. The number of nitrogen functional groups attached to an aromatic ring is 1. The molecule has 6 nitrogen and oxygen atoms in total. The molecule has 0 aromatic carbocycles. The third-order valence-corrected chi connectivity index (χ3v) is 2.77. The SMILES string of the molecule is COCCCCCNc1nc(NN)ncc1Br. The lowest BCUT2D eigenvalue weighted by Gasteiger charge is -2.08. The van der Waals surface area contributed by atoms with Crippen molar-refractivity contribution in [3.8, 4) is 0 Å². The van der Waals surface area contributed by atoms with Gasteiger partial charge in [0.05, 0.1) is 4.47 Å². The van der Waals surface area contributed by atoms with Crippen LogP contribution in [0.25, 0.3) is 0 Å². The lowest BCUT2D eigenvalue weighted by atomic mass is 10.2. The van der Waals surface area contributed by atoms with E-state index in [1.807, 2.05) is 0 Å². The summed E-state index contributed by atoms with van der Waals surface area (Å²) in [7, 11) is 1.72. The zero-order valence-electron chi connectivity index (χ0n) is 9.87. The maximum atomic E-state index is 5.25. The molecule has 0 saturated heterocycles. The predicted octanol–water partition coefficient (Wildman–Crippen LogP) is 1.75. The van der Waals surface area contributed by atoms with Gasteiger partial charge in [-0.3, -0.25) is 5.43 Å². The van der Waals surface area contributed by atoms with Gasteiger partial charge in [-0.15, -0.1) is 0 Å². The Kier molecular flexibility index (Phi) is 6.83. The number of nitrogens with zero attached hydrogens (tertiary/aromatic N) is 2. The highest BCUT2D eigenvalue weighted by atomic mass is 79.9. The number of anilines is 2. The Morgan fingerprint density at radius 3 is 2.94 bits per heavy atom. The average molecular weight is 304 g/mol. The van der Waals surface area contributed by atoms with Gasteiger partial charge >= 0.3 is 0 Å². The van der Waals surface area contributed by atoms with Gasteiger partial charge in [0.25, 0.3) is 0 Å². The summed E-state index contributed by atoms with van der Waals surface area (Å²) in [5, 5.41) is 3.23. The fourth-order valence-corrected chi connectivity index (χ4v) is 1.65. The van der Waals surface area contributed by atoms with Crippen LogP contribution in [0.5, 0.6) is 0 Å². The van der Waals surface area contributed by atoms with Crippen LogP contribution >= 0.6 is 15.9 Å². The van der Waals surface area contributed by atoms with Crippen molar-refractivity contribution in [2.24, 2.45) is 5.84 Å². The van der Waals surface area contributed by atoms with Crippen molar-refractivity contribution in [2.45, 2.75) is 19.3 Å². The van der Waals surface area contributed by atoms with Gasteiger partial charge < -0.3 is 10.1 Å². The first-order chi connectivity index (χ1) is 8.27. The number of unbranched alkanes of at least 4 members (excludes halogenated alkanes) is 2. The fraction of sp³-hybridized carbons (Fsp3) is 0.600. The first kappa shape index (κ1) is 14.1. The summed E-state index contributed by atoms with van der Waals surface area (Å²) in [6, 6.07) is 0. The molecule has 4 N–H and O–H groups in total. The highest BCUT2D eigenvalue weighted by Crippen LogP contribution is 2.19. The Bertz CT molecular complexity index is 336. The van der Waals surface area contributed by atoms with Crippen LogP contribution in [-0.2, 0) is 4.74 Å². The van der Waals surface area contributed by atoms with Crippen molar-refractivity contribution in [1.29, 1.82) is 0 Å². The second-order valence-corrected chi connectivity index (χ2v) is 4.37. The molecule has 1 rings (SSSR count). The molecule has 0 atom stereocenters. The summed E-state index contributed by atoms with van der Waals surface area (Å²) in [6.07, 6.45) is 4.95. The van der Waals surface area contributed by atoms with E-state index in [2.05, 4.69) is 36.6 Å². The topological polar surface area (TPSA) is 85.1 Å². The Labute approximate surface area is 109 Å². The second kappa shape index (κ2) is 8.21. The van der Waals surface area contributed by atoms with Crippen molar-refractivity contribution in [3.63, 3.8) is 0 Å². The third-order valence-electron chi connectivity index (χ3n) is 2.19. The van der Waals surface area contributed by atoms with Gasteiger partial charge in [-0.2, -0.15) is 4.98 Å². The smallest absolute Gasteiger partial charge is 0.239 e. The van der Waals surface area contributed by atoms with Crippen molar-refractivity contribution >= 4 is 27.7 Å². The van der Waals surface area contributed by atoms with Crippen LogP contribution in [-0.4, -0.2) is 30.2 Å². The lowest BCUT2D eigenvalue weighted by Crippen LogP contribution is -2.12. The molecule has 0 bridgehead atoms. The summed E-state index contributed by atoms with van der Waals surface area (Å²) < 4.78 is 5.81. The van der Waals surface area contributed by atoms with E-state index in [1.54, 1.807) is 13.3 Å². The third kappa shape index (κ3) is 5.29. The molecule has 0 saturated carbocycles. The molecule has 1 aromatic rings.